The lowest BCUT2D eigenvalue weighted by molar-refractivity contribution is -0.124. The highest BCUT2D eigenvalue weighted by Gasteiger charge is 2.58. The van der Waals surface area contributed by atoms with E-state index in [4.69, 9.17) is 4.74 Å². The van der Waals surface area contributed by atoms with Crippen LogP contribution in [0.3, 0.4) is 0 Å². The van der Waals surface area contributed by atoms with Gasteiger partial charge in [-0.25, -0.2) is 4.79 Å². The van der Waals surface area contributed by atoms with Crippen molar-refractivity contribution >= 4 is 0 Å². The minimum Gasteiger partial charge on any atom is -0.391 e. The normalized spacial score (nSPS) is 34.6. The van der Waals surface area contributed by atoms with E-state index < -0.39 is 41.4 Å². The van der Waals surface area contributed by atoms with Crippen molar-refractivity contribution in [2.45, 2.75) is 37.1 Å². The minimum absolute atomic E-state index is 0.671. The summed E-state index contributed by atoms with van der Waals surface area (Å²) in [5.74, 6) is 0. The molecule has 9 nitrogen and oxygen atoms in total. The van der Waals surface area contributed by atoms with Gasteiger partial charge in [-0.2, -0.15) is 5.26 Å². The summed E-state index contributed by atoms with van der Waals surface area (Å²) in [5, 5.41) is 38.6. The van der Waals surface area contributed by atoms with Crippen LogP contribution in [-0.2, 0) is 10.5 Å². The molecule has 0 radical (unpaired) electrons. The van der Waals surface area contributed by atoms with E-state index in [2.05, 4.69) is 0 Å². The van der Waals surface area contributed by atoms with Gasteiger partial charge in [-0.05, 0) is 6.92 Å². The van der Waals surface area contributed by atoms with Gasteiger partial charge in [-0.3, -0.25) is 14.3 Å². The van der Waals surface area contributed by atoms with E-state index in [9.17, 15) is 30.2 Å². The van der Waals surface area contributed by atoms with E-state index in [1.807, 2.05) is 4.98 Å². The molecule has 20 heavy (non-hydrogen) atoms. The van der Waals surface area contributed by atoms with Gasteiger partial charge in [-0.1, -0.05) is 0 Å². The fraction of sp³-hybridized carbons (Fsp3) is 0.545. The predicted molar refractivity (Wildman–Crippen MR) is 63.5 cm³/mol. The highest BCUT2D eigenvalue weighted by molar-refractivity contribution is 5.13. The third-order valence-corrected chi connectivity index (χ3v) is 3.19. The SMILES string of the molecule is C[C@@H](O)[C@H]1O[C@@](C#N)(n2ccc(=O)[nH]c2=O)[C@H](O)[C@@H]1O. The van der Waals surface area contributed by atoms with Crippen LogP contribution in [0.4, 0.5) is 0 Å². The summed E-state index contributed by atoms with van der Waals surface area (Å²) in [7, 11) is 0. The van der Waals surface area contributed by atoms with Crippen LogP contribution in [-0.4, -0.2) is 49.3 Å². The molecule has 1 saturated heterocycles. The first kappa shape index (κ1) is 14.4. The molecule has 1 aliphatic rings. The van der Waals surface area contributed by atoms with Crippen molar-refractivity contribution in [1.82, 2.24) is 9.55 Å². The molecule has 4 N–H and O–H groups in total. The molecule has 1 aromatic rings. The zero-order valence-corrected chi connectivity index (χ0v) is 10.4. The van der Waals surface area contributed by atoms with Gasteiger partial charge in [0.1, 0.15) is 24.4 Å². The number of H-pyrrole nitrogens is 1. The van der Waals surface area contributed by atoms with E-state index >= 15 is 0 Å². The lowest BCUT2D eigenvalue weighted by atomic mass is 10.0. The summed E-state index contributed by atoms with van der Waals surface area (Å²) >= 11 is 0. The third kappa shape index (κ3) is 1.95. The van der Waals surface area contributed by atoms with Gasteiger partial charge in [0, 0.05) is 12.3 Å². The molecule has 1 aliphatic heterocycles. The van der Waals surface area contributed by atoms with Crippen LogP contribution in [0, 0.1) is 11.3 Å². The molecule has 5 atom stereocenters. The van der Waals surface area contributed by atoms with Crippen LogP contribution in [0.15, 0.2) is 21.9 Å². The smallest absolute Gasteiger partial charge is 0.331 e. The molecule has 0 bridgehead atoms. The highest BCUT2D eigenvalue weighted by atomic mass is 16.6. The Hall–Kier alpha value is -1.99. The Balaban J connectivity index is 2.59. The number of hydrogen-bond acceptors (Lipinski definition) is 7. The molecule has 1 aromatic heterocycles. The number of ether oxygens (including phenoxy) is 1. The first-order valence-corrected chi connectivity index (χ1v) is 5.79. The molecule has 108 valence electrons. The molecule has 2 rings (SSSR count). The molecule has 0 spiro atoms. The quantitative estimate of drug-likeness (QED) is 0.458. The summed E-state index contributed by atoms with van der Waals surface area (Å²) < 4.78 is 5.89. The second-order valence-corrected chi connectivity index (χ2v) is 4.55. The van der Waals surface area contributed by atoms with E-state index in [1.165, 1.54) is 6.92 Å². The van der Waals surface area contributed by atoms with Gasteiger partial charge in [0.25, 0.3) is 11.3 Å². The first-order valence-electron chi connectivity index (χ1n) is 5.79. The molecule has 2 heterocycles. The number of nitriles is 1. The van der Waals surface area contributed by atoms with Crippen LogP contribution < -0.4 is 11.2 Å². The van der Waals surface area contributed by atoms with E-state index in [-0.39, 0.29) is 0 Å². The summed E-state index contributed by atoms with van der Waals surface area (Å²) in [5.41, 5.74) is -3.88. The average molecular weight is 283 g/mol. The summed E-state index contributed by atoms with van der Waals surface area (Å²) in [4.78, 5) is 24.7. The van der Waals surface area contributed by atoms with Gasteiger partial charge < -0.3 is 20.1 Å². The van der Waals surface area contributed by atoms with Crippen molar-refractivity contribution in [1.29, 1.82) is 5.26 Å². The largest absolute Gasteiger partial charge is 0.391 e. The Bertz CT molecular complexity index is 659. The number of nitrogens with one attached hydrogen (secondary N) is 1. The van der Waals surface area contributed by atoms with Crippen molar-refractivity contribution in [3.63, 3.8) is 0 Å². The van der Waals surface area contributed by atoms with Gasteiger partial charge in [0.05, 0.1) is 6.10 Å². The van der Waals surface area contributed by atoms with Gasteiger partial charge >= 0.3 is 5.69 Å². The minimum atomic E-state index is -2.22. The van der Waals surface area contributed by atoms with E-state index in [1.54, 1.807) is 6.07 Å². The Labute approximate surface area is 112 Å². The second kappa shape index (κ2) is 4.84. The zero-order chi connectivity index (χ0) is 15.1. The van der Waals surface area contributed by atoms with Crippen LogP contribution in [0.5, 0.6) is 0 Å². The fourth-order valence-corrected chi connectivity index (χ4v) is 2.17. The lowest BCUT2D eigenvalue weighted by Crippen LogP contribution is -2.50. The lowest BCUT2D eigenvalue weighted by Gasteiger charge is -2.26. The van der Waals surface area contributed by atoms with Crippen LogP contribution in [0.2, 0.25) is 0 Å². The summed E-state index contributed by atoms with van der Waals surface area (Å²) in [6, 6.07) is 2.59. The number of hydrogen-bond donors (Lipinski definition) is 4. The Morgan fingerprint density at radius 2 is 2.20 bits per heavy atom. The van der Waals surface area contributed by atoms with Crippen LogP contribution in [0.1, 0.15) is 6.92 Å². The molecular weight excluding hydrogens is 270 g/mol. The number of aromatic amines is 1. The van der Waals surface area contributed by atoms with Crippen molar-refractivity contribution in [2.24, 2.45) is 0 Å². The molecule has 0 aliphatic carbocycles. The van der Waals surface area contributed by atoms with E-state index in [0.29, 0.717) is 4.57 Å². The summed E-state index contributed by atoms with van der Waals surface area (Å²) in [6.45, 7) is 1.31. The van der Waals surface area contributed by atoms with Gasteiger partial charge in [0.15, 0.2) is 0 Å². The average Bonchev–Trinajstić information content (AvgIpc) is 2.64. The zero-order valence-electron chi connectivity index (χ0n) is 10.4. The fourth-order valence-electron chi connectivity index (χ4n) is 2.17. The number of aliphatic hydroxyl groups is 3. The topological polar surface area (TPSA) is 149 Å². The van der Waals surface area contributed by atoms with Gasteiger partial charge in [0.2, 0.25) is 0 Å². The van der Waals surface area contributed by atoms with Crippen molar-refractivity contribution in [2.75, 3.05) is 0 Å². The van der Waals surface area contributed by atoms with Gasteiger partial charge in [-0.15, -0.1) is 0 Å². The number of aromatic nitrogens is 2. The Morgan fingerprint density at radius 3 is 2.65 bits per heavy atom. The number of nitrogens with zero attached hydrogens (tertiary/aromatic N) is 2. The maximum Gasteiger partial charge on any atom is 0.331 e. The van der Waals surface area contributed by atoms with E-state index in [0.717, 1.165) is 12.3 Å². The maximum absolute atomic E-state index is 11.7. The third-order valence-electron chi connectivity index (χ3n) is 3.19. The van der Waals surface area contributed by atoms with Crippen molar-refractivity contribution < 1.29 is 20.1 Å². The Morgan fingerprint density at radius 1 is 1.55 bits per heavy atom. The van der Waals surface area contributed by atoms with Crippen molar-refractivity contribution in [3.05, 3.63) is 33.1 Å². The first-order chi connectivity index (χ1) is 9.33. The number of rotatable bonds is 2. The monoisotopic (exact) mass is 283 g/mol. The van der Waals surface area contributed by atoms with Crippen LogP contribution in [0.25, 0.3) is 0 Å². The number of aliphatic hydroxyl groups excluding tert-OH is 3. The molecular formula is C11H13N3O6. The molecule has 1 fully saturated rings. The highest BCUT2D eigenvalue weighted by Crippen LogP contribution is 2.35. The molecule has 0 unspecified atom stereocenters. The molecule has 9 heteroatoms. The van der Waals surface area contributed by atoms with Crippen LogP contribution >= 0.6 is 0 Å². The van der Waals surface area contributed by atoms with Crippen molar-refractivity contribution in [3.8, 4) is 6.07 Å². The molecule has 0 saturated carbocycles. The summed E-state index contributed by atoms with van der Waals surface area (Å²) in [6.07, 6.45) is -4.77. The second-order valence-electron chi connectivity index (χ2n) is 4.55. The standard InChI is InChI=1S/C11H13N3O6/c1-5(15)8-7(17)9(18)11(4-12,20-8)14-3-2-6(16)13-10(14)19/h2-3,5,7-9,15,17-18H,1H3,(H,13,16,19)/t5-,7-,8-,9-,11-/m1/s1. The Kier molecular flexibility index (Phi) is 3.49. The molecule has 0 aromatic carbocycles. The predicted octanol–water partition coefficient (Wildman–Crippen LogP) is -2.79. The molecule has 0 amide bonds. The maximum atomic E-state index is 11.7.